The maximum Gasteiger partial charge on any atom is 0.261 e. The molecular formula is C19H22N2O2S. The third kappa shape index (κ3) is 3.73. The minimum Gasteiger partial charge on any atom is -0.346 e. The van der Waals surface area contributed by atoms with Gasteiger partial charge in [-0.25, -0.2) is 0 Å². The summed E-state index contributed by atoms with van der Waals surface area (Å²) in [6, 6.07) is 5.63. The van der Waals surface area contributed by atoms with E-state index in [2.05, 4.69) is 16.4 Å². The van der Waals surface area contributed by atoms with Gasteiger partial charge in [0.2, 0.25) is 0 Å². The van der Waals surface area contributed by atoms with Gasteiger partial charge >= 0.3 is 0 Å². The number of hydrogen-bond acceptors (Lipinski definition) is 4. The molecule has 0 bridgehead atoms. The van der Waals surface area contributed by atoms with Crippen molar-refractivity contribution in [3.8, 4) is 0 Å². The van der Waals surface area contributed by atoms with Crippen LogP contribution in [0, 0.1) is 6.92 Å². The van der Waals surface area contributed by atoms with Gasteiger partial charge in [-0.3, -0.25) is 14.6 Å². The fraction of sp³-hybridized carbons (Fsp3) is 0.421. The van der Waals surface area contributed by atoms with E-state index in [9.17, 15) is 9.59 Å². The molecule has 2 aromatic heterocycles. The van der Waals surface area contributed by atoms with Crippen LogP contribution in [0.2, 0.25) is 0 Å². The minimum atomic E-state index is -0.0387. The summed E-state index contributed by atoms with van der Waals surface area (Å²) in [5, 5.41) is 2.94. The van der Waals surface area contributed by atoms with Crippen LogP contribution in [0.4, 0.5) is 0 Å². The number of fused-ring (bicyclic) bond motifs is 1. The number of rotatable bonds is 4. The fourth-order valence-electron chi connectivity index (χ4n) is 3.12. The number of carbonyl (C=O) groups is 2. The van der Waals surface area contributed by atoms with Gasteiger partial charge in [-0.1, -0.05) is 6.42 Å². The number of thiophene rings is 1. The zero-order valence-electron chi connectivity index (χ0n) is 14.1. The van der Waals surface area contributed by atoms with E-state index >= 15 is 0 Å². The van der Waals surface area contributed by atoms with Crippen molar-refractivity contribution in [2.75, 3.05) is 0 Å². The molecule has 0 aromatic carbocycles. The lowest BCUT2D eigenvalue weighted by atomic mass is 10.1. The van der Waals surface area contributed by atoms with Crippen LogP contribution in [0.25, 0.3) is 0 Å². The van der Waals surface area contributed by atoms with Crippen LogP contribution in [-0.4, -0.2) is 16.7 Å². The monoisotopic (exact) mass is 342 g/mol. The Morgan fingerprint density at radius 1 is 1.21 bits per heavy atom. The number of Topliss-reactive ketones (excluding diaryl/α,β-unsaturated/α-hetero) is 1. The van der Waals surface area contributed by atoms with Crippen LogP contribution in [0.3, 0.4) is 0 Å². The number of pyridine rings is 1. The topological polar surface area (TPSA) is 59.1 Å². The van der Waals surface area contributed by atoms with E-state index in [-0.39, 0.29) is 11.7 Å². The van der Waals surface area contributed by atoms with Gasteiger partial charge in [0.25, 0.3) is 5.91 Å². The minimum absolute atomic E-state index is 0.00988. The summed E-state index contributed by atoms with van der Waals surface area (Å²) in [4.78, 5) is 30.4. The Morgan fingerprint density at radius 2 is 2.00 bits per heavy atom. The van der Waals surface area contributed by atoms with E-state index in [1.165, 1.54) is 36.6 Å². The zero-order chi connectivity index (χ0) is 17.1. The van der Waals surface area contributed by atoms with Crippen molar-refractivity contribution in [3.05, 3.63) is 50.5 Å². The summed E-state index contributed by atoms with van der Waals surface area (Å²) in [5.74, 6) is -0.0289. The highest BCUT2D eigenvalue weighted by Gasteiger charge is 2.16. The number of ketones is 1. The van der Waals surface area contributed by atoms with Crippen molar-refractivity contribution in [3.63, 3.8) is 0 Å². The van der Waals surface area contributed by atoms with Crippen molar-refractivity contribution >= 4 is 23.0 Å². The molecule has 0 saturated carbocycles. The Bertz CT molecular complexity index is 756. The van der Waals surface area contributed by atoms with E-state index in [0.717, 1.165) is 23.4 Å². The van der Waals surface area contributed by atoms with E-state index in [4.69, 9.17) is 0 Å². The van der Waals surface area contributed by atoms with Crippen molar-refractivity contribution in [2.45, 2.75) is 52.5 Å². The highest BCUT2D eigenvalue weighted by molar-refractivity contribution is 7.14. The standard InChI is InChI=1S/C19H22N2O2S/c1-12-16(13(2)22)9-8-15(21-12)11-20-19(23)18-10-14-6-4-3-5-7-17(14)24-18/h8-10H,3-7,11H2,1-2H3,(H,20,23). The maximum atomic E-state index is 12.4. The third-order valence-electron chi connectivity index (χ3n) is 4.42. The third-order valence-corrected chi connectivity index (χ3v) is 5.66. The van der Waals surface area contributed by atoms with Gasteiger partial charge in [0.15, 0.2) is 5.78 Å². The SMILES string of the molecule is CC(=O)c1ccc(CNC(=O)c2cc3c(s2)CCCCC3)nc1C. The van der Waals surface area contributed by atoms with Crippen LogP contribution >= 0.6 is 11.3 Å². The number of carbonyl (C=O) groups excluding carboxylic acids is 2. The van der Waals surface area contributed by atoms with Gasteiger partial charge in [0.1, 0.15) is 0 Å². The average molecular weight is 342 g/mol. The van der Waals surface area contributed by atoms with E-state index < -0.39 is 0 Å². The van der Waals surface area contributed by atoms with Crippen molar-refractivity contribution in [2.24, 2.45) is 0 Å². The van der Waals surface area contributed by atoms with Crippen molar-refractivity contribution < 1.29 is 9.59 Å². The Balaban J connectivity index is 1.65. The fourth-order valence-corrected chi connectivity index (χ4v) is 4.29. The number of nitrogens with one attached hydrogen (secondary N) is 1. The van der Waals surface area contributed by atoms with E-state index in [1.807, 2.05) is 6.92 Å². The highest BCUT2D eigenvalue weighted by atomic mass is 32.1. The van der Waals surface area contributed by atoms with E-state index in [1.54, 1.807) is 23.5 Å². The maximum absolute atomic E-state index is 12.4. The van der Waals surface area contributed by atoms with Crippen LogP contribution in [0.15, 0.2) is 18.2 Å². The number of aromatic nitrogens is 1. The number of amides is 1. The van der Waals surface area contributed by atoms with Crippen LogP contribution in [0.1, 0.15) is 68.0 Å². The first-order chi connectivity index (χ1) is 11.5. The predicted octanol–water partition coefficient (Wildman–Crippen LogP) is 3.85. The lowest BCUT2D eigenvalue weighted by molar-refractivity contribution is 0.0952. The molecule has 0 radical (unpaired) electrons. The number of aryl methyl sites for hydroxylation is 3. The van der Waals surface area contributed by atoms with Gasteiger partial charge in [0, 0.05) is 16.1 Å². The van der Waals surface area contributed by atoms with Crippen molar-refractivity contribution in [1.29, 1.82) is 0 Å². The zero-order valence-corrected chi connectivity index (χ0v) is 15.0. The molecule has 0 aliphatic heterocycles. The molecule has 24 heavy (non-hydrogen) atoms. The Labute approximate surface area is 146 Å². The Kier molecular flexibility index (Phi) is 5.09. The first kappa shape index (κ1) is 16.8. The molecular weight excluding hydrogens is 320 g/mol. The summed E-state index contributed by atoms with van der Waals surface area (Å²) in [7, 11) is 0. The molecule has 0 unspecified atom stereocenters. The van der Waals surface area contributed by atoms with Crippen molar-refractivity contribution in [1.82, 2.24) is 10.3 Å². The smallest absolute Gasteiger partial charge is 0.261 e. The molecule has 0 saturated heterocycles. The second kappa shape index (κ2) is 7.26. The summed E-state index contributed by atoms with van der Waals surface area (Å²) >= 11 is 1.62. The molecule has 1 aliphatic carbocycles. The molecule has 2 aromatic rings. The quantitative estimate of drug-likeness (QED) is 0.678. The Hall–Kier alpha value is -2.01. The molecule has 1 aliphatic rings. The molecule has 0 fully saturated rings. The summed E-state index contributed by atoms with van der Waals surface area (Å²) in [5.41, 5.74) is 3.45. The molecule has 126 valence electrons. The highest BCUT2D eigenvalue weighted by Crippen LogP contribution is 2.28. The van der Waals surface area contributed by atoms with Gasteiger partial charge in [-0.05, 0) is 63.3 Å². The summed E-state index contributed by atoms with van der Waals surface area (Å²) in [6.07, 6.45) is 5.91. The molecule has 3 rings (SSSR count). The van der Waals surface area contributed by atoms with E-state index in [0.29, 0.717) is 17.8 Å². The van der Waals surface area contributed by atoms with Gasteiger partial charge in [0.05, 0.1) is 17.1 Å². The molecule has 1 amide bonds. The first-order valence-corrected chi connectivity index (χ1v) is 9.23. The molecule has 0 spiro atoms. The molecule has 4 nitrogen and oxygen atoms in total. The largest absolute Gasteiger partial charge is 0.346 e. The van der Waals surface area contributed by atoms with Crippen LogP contribution in [0.5, 0.6) is 0 Å². The summed E-state index contributed by atoms with van der Waals surface area (Å²) in [6.45, 7) is 3.73. The van der Waals surface area contributed by atoms with Gasteiger partial charge in [-0.15, -0.1) is 11.3 Å². The average Bonchev–Trinajstić information content (AvgIpc) is 2.83. The number of nitrogens with zero attached hydrogens (tertiary/aromatic N) is 1. The first-order valence-electron chi connectivity index (χ1n) is 8.42. The van der Waals surface area contributed by atoms with Crippen LogP contribution in [-0.2, 0) is 19.4 Å². The summed E-state index contributed by atoms with van der Waals surface area (Å²) < 4.78 is 0. The second-order valence-corrected chi connectivity index (χ2v) is 7.43. The Morgan fingerprint density at radius 3 is 2.75 bits per heavy atom. The predicted molar refractivity (Wildman–Crippen MR) is 95.7 cm³/mol. The van der Waals surface area contributed by atoms with Gasteiger partial charge < -0.3 is 5.32 Å². The molecule has 0 atom stereocenters. The normalized spacial score (nSPS) is 13.9. The lowest BCUT2D eigenvalue weighted by Crippen LogP contribution is -2.22. The molecule has 2 heterocycles. The van der Waals surface area contributed by atoms with Crippen LogP contribution < -0.4 is 5.32 Å². The van der Waals surface area contributed by atoms with Gasteiger partial charge in [-0.2, -0.15) is 0 Å². The molecule has 5 heteroatoms. The molecule has 1 N–H and O–H groups in total. The lowest BCUT2D eigenvalue weighted by Gasteiger charge is -2.06. The second-order valence-electron chi connectivity index (χ2n) is 6.29. The number of hydrogen-bond donors (Lipinski definition) is 1.